The van der Waals surface area contributed by atoms with Crippen LogP contribution in [0.2, 0.25) is 10.0 Å². The number of nitrogens with zero attached hydrogens (tertiary/aromatic N) is 1. The predicted molar refractivity (Wildman–Crippen MR) is 82.9 cm³/mol. The Kier molecular flexibility index (Phi) is 4.34. The van der Waals surface area contributed by atoms with Gasteiger partial charge in [0.2, 0.25) is 0 Å². The van der Waals surface area contributed by atoms with E-state index in [1.165, 1.54) is 11.3 Å². The molecule has 0 bridgehead atoms. The summed E-state index contributed by atoms with van der Waals surface area (Å²) in [5.41, 5.74) is 1.65. The lowest BCUT2D eigenvalue weighted by atomic mass is 10.1. The summed E-state index contributed by atoms with van der Waals surface area (Å²) in [5, 5.41) is 12.9. The van der Waals surface area contributed by atoms with Crippen LogP contribution in [0.25, 0.3) is 0 Å². The third-order valence-electron chi connectivity index (χ3n) is 2.92. The number of hydrogen-bond donors (Lipinski definition) is 1. The molecule has 1 heterocycles. The van der Waals surface area contributed by atoms with Crippen molar-refractivity contribution in [3.8, 4) is 6.07 Å². The van der Waals surface area contributed by atoms with E-state index in [-0.39, 0.29) is 16.5 Å². The molecule has 102 valence electrons. The Hall–Kier alpha value is -1.54. The minimum Gasteiger partial charge on any atom is -0.312 e. The second-order valence-electron chi connectivity index (χ2n) is 4.15. The number of anilines is 1. The maximum absolute atomic E-state index is 12.2. The number of hydrogen-bond acceptors (Lipinski definition) is 3. The molecule has 3 nitrogen and oxygen atoms in total. The Morgan fingerprint density at radius 1 is 1.35 bits per heavy atom. The number of nitrogens with one attached hydrogen (secondary N) is 1. The fourth-order valence-corrected chi connectivity index (χ4v) is 3.09. The van der Waals surface area contributed by atoms with Crippen molar-refractivity contribution in [2.24, 2.45) is 0 Å². The number of aryl methyl sites for hydroxylation is 1. The van der Waals surface area contributed by atoms with Crippen molar-refractivity contribution in [3.05, 3.63) is 49.8 Å². The number of benzene rings is 1. The van der Waals surface area contributed by atoms with E-state index >= 15 is 0 Å². The van der Waals surface area contributed by atoms with Gasteiger partial charge in [-0.15, -0.1) is 11.3 Å². The largest absolute Gasteiger partial charge is 0.312 e. The molecule has 20 heavy (non-hydrogen) atoms. The summed E-state index contributed by atoms with van der Waals surface area (Å²) in [6, 6.07) is 6.95. The third kappa shape index (κ3) is 2.66. The molecule has 2 rings (SSSR count). The Morgan fingerprint density at radius 2 is 2.05 bits per heavy atom. The van der Waals surface area contributed by atoms with Crippen LogP contribution in [0.1, 0.15) is 26.4 Å². The molecular formula is C14H10Cl2N2OS. The summed E-state index contributed by atoms with van der Waals surface area (Å²) in [4.78, 5) is 13.2. The summed E-state index contributed by atoms with van der Waals surface area (Å²) in [6.45, 7) is 3.76. The average molecular weight is 325 g/mol. The van der Waals surface area contributed by atoms with Gasteiger partial charge in [0.15, 0.2) is 0 Å². The molecule has 1 aromatic carbocycles. The number of rotatable bonds is 2. The van der Waals surface area contributed by atoms with E-state index in [0.717, 1.165) is 10.4 Å². The van der Waals surface area contributed by atoms with Crippen LogP contribution in [0.3, 0.4) is 0 Å². The predicted octanol–water partition coefficient (Wildman–Crippen LogP) is 4.80. The molecule has 0 saturated heterocycles. The minimum absolute atomic E-state index is 0.204. The fourth-order valence-electron chi connectivity index (χ4n) is 1.70. The van der Waals surface area contributed by atoms with Gasteiger partial charge < -0.3 is 5.32 Å². The van der Waals surface area contributed by atoms with Gasteiger partial charge in [-0.05, 0) is 31.5 Å². The molecule has 0 spiro atoms. The highest BCUT2D eigenvalue weighted by Crippen LogP contribution is 2.33. The van der Waals surface area contributed by atoms with Crippen LogP contribution in [0, 0.1) is 25.2 Å². The Labute approximate surface area is 130 Å². The van der Waals surface area contributed by atoms with Crippen LogP contribution in [-0.2, 0) is 0 Å². The molecule has 1 aromatic heterocycles. The van der Waals surface area contributed by atoms with Gasteiger partial charge in [-0.2, -0.15) is 5.26 Å². The molecule has 2 aromatic rings. The summed E-state index contributed by atoms with van der Waals surface area (Å²) in [7, 11) is 0. The van der Waals surface area contributed by atoms with E-state index in [1.54, 1.807) is 18.2 Å². The molecule has 1 N–H and O–H groups in total. The summed E-state index contributed by atoms with van der Waals surface area (Å²) < 4.78 is 0. The van der Waals surface area contributed by atoms with Crippen molar-refractivity contribution in [1.82, 2.24) is 0 Å². The lowest BCUT2D eigenvalue weighted by Crippen LogP contribution is -2.12. The van der Waals surface area contributed by atoms with Gasteiger partial charge in [-0.25, -0.2) is 0 Å². The molecule has 0 aliphatic rings. The summed E-state index contributed by atoms with van der Waals surface area (Å²) in [5.74, 6) is -0.379. The Balaban J connectivity index is 2.36. The third-order valence-corrected chi connectivity index (χ3v) is 4.86. The molecule has 0 fully saturated rings. The van der Waals surface area contributed by atoms with Gasteiger partial charge in [-0.1, -0.05) is 29.3 Å². The highest BCUT2D eigenvalue weighted by molar-refractivity contribution is 7.16. The number of carbonyl (C=O) groups excluding carboxylic acids is 1. The first-order valence-corrected chi connectivity index (χ1v) is 7.28. The molecular weight excluding hydrogens is 315 g/mol. The zero-order valence-corrected chi connectivity index (χ0v) is 13.1. The molecule has 0 atom stereocenters. The van der Waals surface area contributed by atoms with Gasteiger partial charge in [0.1, 0.15) is 11.1 Å². The molecule has 0 saturated carbocycles. The minimum atomic E-state index is -0.379. The zero-order chi connectivity index (χ0) is 14.9. The van der Waals surface area contributed by atoms with Crippen LogP contribution in [-0.4, -0.2) is 5.91 Å². The SMILES string of the molecule is Cc1sc(NC(=O)c2cccc(Cl)c2Cl)c(C#N)c1C. The smallest absolute Gasteiger partial charge is 0.257 e. The van der Waals surface area contributed by atoms with Crippen LogP contribution in [0.15, 0.2) is 18.2 Å². The number of amides is 1. The van der Waals surface area contributed by atoms with Crippen molar-refractivity contribution in [2.45, 2.75) is 13.8 Å². The van der Waals surface area contributed by atoms with Crippen LogP contribution < -0.4 is 5.32 Å². The van der Waals surface area contributed by atoms with Crippen LogP contribution in [0.4, 0.5) is 5.00 Å². The average Bonchev–Trinajstić information content (AvgIpc) is 2.67. The van der Waals surface area contributed by atoms with Crippen molar-refractivity contribution >= 4 is 45.4 Å². The number of thiophene rings is 1. The van der Waals surface area contributed by atoms with E-state index in [0.29, 0.717) is 15.6 Å². The van der Waals surface area contributed by atoms with E-state index in [1.807, 2.05) is 13.8 Å². The number of nitriles is 1. The van der Waals surface area contributed by atoms with Gasteiger partial charge in [0, 0.05) is 4.88 Å². The molecule has 0 aliphatic carbocycles. The first-order valence-electron chi connectivity index (χ1n) is 5.71. The maximum atomic E-state index is 12.2. The van der Waals surface area contributed by atoms with E-state index in [4.69, 9.17) is 28.5 Å². The Bertz CT molecular complexity index is 732. The van der Waals surface area contributed by atoms with Gasteiger partial charge in [0.05, 0.1) is 21.2 Å². The summed E-state index contributed by atoms with van der Waals surface area (Å²) in [6.07, 6.45) is 0. The lowest BCUT2D eigenvalue weighted by molar-refractivity contribution is 0.102. The number of carbonyl (C=O) groups is 1. The quantitative estimate of drug-likeness (QED) is 0.862. The fraction of sp³-hybridized carbons (Fsp3) is 0.143. The highest BCUT2D eigenvalue weighted by atomic mass is 35.5. The second kappa shape index (κ2) is 5.84. The van der Waals surface area contributed by atoms with E-state index in [9.17, 15) is 4.79 Å². The van der Waals surface area contributed by atoms with Gasteiger partial charge >= 0.3 is 0 Å². The van der Waals surface area contributed by atoms with Crippen molar-refractivity contribution < 1.29 is 4.79 Å². The van der Waals surface area contributed by atoms with Gasteiger partial charge in [-0.3, -0.25) is 4.79 Å². The maximum Gasteiger partial charge on any atom is 0.257 e. The lowest BCUT2D eigenvalue weighted by Gasteiger charge is -2.06. The van der Waals surface area contributed by atoms with Crippen molar-refractivity contribution in [1.29, 1.82) is 5.26 Å². The zero-order valence-electron chi connectivity index (χ0n) is 10.8. The topological polar surface area (TPSA) is 52.9 Å². The second-order valence-corrected chi connectivity index (χ2v) is 6.16. The first kappa shape index (κ1) is 14.9. The molecule has 6 heteroatoms. The number of halogens is 2. The standard InChI is InChI=1S/C14H10Cl2N2OS/c1-7-8(2)20-14(10(7)6-17)18-13(19)9-4-3-5-11(15)12(9)16/h3-5H,1-2H3,(H,18,19). The van der Waals surface area contributed by atoms with Crippen LogP contribution >= 0.6 is 34.5 Å². The molecule has 0 unspecified atom stereocenters. The monoisotopic (exact) mass is 324 g/mol. The van der Waals surface area contributed by atoms with Gasteiger partial charge in [0.25, 0.3) is 5.91 Å². The normalized spacial score (nSPS) is 10.2. The van der Waals surface area contributed by atoms with E-state index < -0.39 is 0 Å². The Morgan fingerprint density at radius 3 is 2.70 bits per heavy atom. The highest BCUT2D eigenvalue weighted by Gasteiger charge is 2.17. The first-order chi connectivity index (χ1) is 9.45. The molecule has 1 amide bonds. The van der Waals surface area contributed by atoms with E-state index in [2.05, 4.69) is 11.4 Å². The molecule has 0 radical (unpaired) electrons. The summed E-state index contributed by atoms with van der Waals surface area (Å²) >= 11 is 13.3. The van der Waals surface area contributed by atoms with Crippen molar-refractivity contribution in [2.75, 3.05) is 5.32 Å². The molecule has 0 aliphatic heterocycles. The van der Waals surface area contributed by atoms with Crippen molar-refractivity contribution in [3.63, 3.8) is 0 Å². The van der Waals surface area contributed by atoms with Crippen LogP contribution in [0.5, 0.6) is 0 Å².